The topological polar surface area (TPSA) is 201 Å². The summed E-state index contributed by atoms with van der Waals surface area (Å²) in [4.78, 5) is 61.7. The van der Waals surface area contributed by atoms with Crippen LogP contribution in [0.25, 0.3) is 0 Å². The summed E-state index contributed by atoms with van der Waals surface area (Å²) in [7, 11) is -8.68. The number of hydrogen-bond donors (Lipinski definition) is 0. The van der Waals surface area contributed by atoms with Crippen molar-refractivity contribution in [3.8, 4) is 0 Å². The van der Waals surface area contributed by atoms with E-state index in [0.29, 0.717) is 0 Å². The van der Waals surface area contributed by atoms with Gasteiger partial charge in [0.05, 0.1) is 6.01 Å². The number of carbonyl (C=O) groups excluding carboxylic acids is 6. The summed E-state index contributed by atoms with van der Waals surface area (Å²) in [6.45, 7) is 0. The average molecular weight is 348 g/mol. The lowest BCUT2D eigenvalue weighted by Gasteiger charge is -2.01. The van der Waals surface area contributed by atoms with Crippen molar-refractivity contribution in [3.63, 3.8) is 0 Å². The Morgan fingerprint density at radius 3 is 0.783 bits per heavy atom. The van der Waals surface area contributed by atoms with E-state index >= 15 is 0 Å². The number of hydrogen-bond acceptors (Lipinski definition) is 14. The molecule has 0 aromatic rings. The van der Waals surface area contributed by atoms with Crippen molar-refractivity contribution < 1.29 is 28.8 Å². The molecule has 16 heteroatoms. The molecule has 0 aliphatic rings. The minimum Gasteiger partial charge on any atom is -0.212 e. The van der Waals surface area contributed by atoms with E-state index in [4.69, 9.17) is 0 Å². The molecule has 0 bridgehead atoms. The third-order valence-corrected chi connectivity index (χ3v) is 4.72. The van der Waals surface area contributed by atoms with Gasteiger partial charge in [0.15, 0.2) is 0 Å². The molecule has 0 radical (unpaired) electrons. The highest BCUT2D eigenvalue weighted by atomic mass is 28.4. The van der Waals surface area contributed by atoms with Gasteiger partial charge < -0.3 is 0 Å². The predicted octanol–water partition coefficient (Wildman–Crippen LogP) is -1.95. The molecule has 0 unspecified atom stereocenters. The number of rotatable bonds is 8. The van der Waals surface area contributed by atoms with E-state index in [1.165, 1.54) is 0 Å². The van der Waals surface area contributed by atoms with Gasteiger partial charge in [0, 0.05) is 0 Å². The molecule has 0 aromatic carbocycles. The van der Waals surface area contributed by atoms with Gasteiger partial charge in [-0.1, -0.05) is 0 Å². The van der Waals surface area contributed by atoms with Crippen molar-refractivity contribution in [2.45, 2.75) is 0 Å². The Morgan fingerprint density at radius 2 is 0.609 bits per heavy atom. The highest BCUT2D eigenvalue weighted by Crippen LogP contribution is 2.10. The van der Waals surface area contributed by atoms with E-state index < -0.39 is 17.4 Å². The predicted molar refractivity (Wildman–Crippen MR) is 70.1 cm³/mol. The van der Waals surface area contributed by atoms with E-state index in [0.717, 1.165) is 36.5 Å². The number of nitrogens with zero attached hydrogens (tertiary/aromatic N) is 8. The largest absolute Gasteiger partial charge is 0.618 e. The van der Waals surface area contributed by atoms with Crippen molar-refractivity contribution in [1.82, 2.24) is 0 Å². The zero-order chi connectivity index (χ0) is 17.6. The van der Waals surface area contributed by atoms with Crippen LogP contribution in [0.1, 0.15) is 0 Å². The normalized spacial score (nSPS) is 12.9. The first-order chi connectivity index (χ1) is 11.1. The van der Waals surface area contributed by atoms with Gasteiger partial charge in [-0.25, -0.2) is 28.8 Å². The lowest BCUT2D eigenvalue weighted by atomic mass is 11.6. The molecule has 0 saturated heterocycles. The average Bonchev–Trinajstić information content (AvgIpc) is 2.49. The maximum Gasteiger partial charge on any atom is 0.618 e. The zero-order valence-corrected chi connectivity index (χ0v) is 12.5. The molecule has 23 heavy (non-hydrogen) atoms. The third kappa shape index (κ3) is 5.94. The van der Waals surface area contributed by atoms with Crippen LogP contribution in [-0.4, -0.2) is 59.9 Å². The van der Waals surface area contributed by atoms with Crippen LogP contribution in [0, 0.1) is 0 Å². The quantitative estimate of drug-likeness (QED) is 0.277. The SMILES string of the molecule is O=C=N[Si](N=C=O)(N=C=O)N=C=N[Si](N=C=O)(N=C=O)N=C=O. The molecule has 0 fully saturated rings. The van der Waals surface area contributed by atoms with Crippen LogP contribution >= 0.6 is 0 Å². The third-order valence-electron chi connectivity index (χ3n) is 1.57. The summed E-state index contributed by atoms with van der Waals surface area (Å²) in [6, 6.07) is 1.71. The molecule has 0 heterocycles. The molecule has 14 nitrogen and oxygen atoms in total. The van der Waals surface area contributed by atoms with Crippen LogP contribution in [0.5, 0.6) is 0 Å². The molecule has 0 atom stereocenters. The van der Waals surface area contributed by atoms with Crippen molar-refractivity contribution in [2.75, 3.05) is 0 Å². The second-order valence-electron chi connectivity index (χ2n) is 2.74. The first kappa shape index (κ1) is 19.1. The Bertz CT molecular complexity index is 668. The summed E-state index contributed by atoms with van der Waals surface area (Å²) in [5.74, 6) is 0. The number of isocyanates is 6. The molecular weight excluding hydrogens is 348 g/mol. The standard InChI is InChI=1S/C7N8O6Si2/c16-2-10-22(11-3-17,12-4-18)8-1-9-23(13-5-19,14-6-20)15-7-21. The smallest absolute Gasteiger partial charge is 0.212 e. The highest BCUT2D eigenvalue weighted by Gasteiger charge is 2.40. The molecule has 0 spiro atoms. The summed E-state index contributed by atoms with van der Waals surface area (Å²) in [5, 5.41) is 0. The van der Waals surface area contributed by atoms with Crippen LogP contribution < -0.4 is 0 Å². The monoisotopic (exact) mass is 348 g/mol. The van der Waals surface area contributed by atoms with Gasteiger partial charge in [-0.2, -0.15) is 37.3 Å². The van der Waals surface area contributed by atoms with Crippen molar-refractivity contribution in [3.05, 3.63) is 0 Å². The van der Waals surface area contributed by atoms with E-state index in [-0.39, 0.29) is 0 Å². The van der Waals surface area contributed by atoms with Gasteiger partial charge in [-0.05, 0) is 0 Å². The highest BCUT2D eigenvalue weighted by molar-refractivity contribution is 6.77. The molecule has 0 amide bonds. The Morgan fingerprint density at radius 1 is 0.391 bits per heavy atom. The van der Waals surface area contributed by atoms with Crippen LogP contribution in [0.15, 0.2) is 37.3 Å². The van der Waals surface area contributed by atoms with E-state index in [9.17, 15) is 28.8 Å². The summed E-state index contributed by atoms with van der Waals surface area (Å²) >= 11 is 0. The minimum absolute atomic E-state index is 0.971. The first-order valence-electron chi connectivity index (χ1n) is 4.80. The molecule has 0 aromatic heterocycles. The van der Waals surface area contributed by atoms with Gasteiger partial charge in [0.25, 0.3) is 0 Å². The van der Waals surface area contributed by atoms with Gasteiger partial charge >= 0.3 is 17.4 Å². The maximum atomic E-state index is 10.3. The molecule has 112 valence electrons. The van der Waals surface area contributed by atoms with Gasteiger partial charge in [-0.15, -0.1) is 0 Å². The fourth-order valence-corrected chi connectivity index (χ4v) is 2.63. The van der Waals surface area contributed by atoms with Crippen molar-refractivity contribution in [2.24, 2.45) is 37.3 Å². The molecular formula is C7N8O6Si2. The van der Waals surface area contributed by atoms with Gasteiger partial charge in [0.1, 0.15) is 0 Å². The molecule has 0 saturated carbocycles. The lowest BCUT2D eigenvalue weighted by Crippen LogP contribution is -2.27. The molecule has 0 N–H and O–H groups in total. The second-order valence-corrected chi connectivity index (χ2v) is 6.93. The van der Waals surface area contributed by atoms with E-state index in [2.05, 4.69) is 37.3 Å². The van der Waals surface area contributed by atoms with Crippen LogP contribution in [-0.2, 0) is 28.8 Å². The van der Waals surface area contributed by atoms with Crippen molar-refractivity contribution in [1.29, 1.82) is 0 Å². The molecule has 0 aliphatic heterocycles. The Balaban J connectivity index is 6.39. The zero-order valence-electron chi connectivity index (χ0n) is 10.5. The van der Waals surface area contributed by atoms with Crippen LogP contribution in [0.4, 0.5) is 0 Å². The fraction of sp³-hybridized carbons (Fsp3) is 0. The Hall–Kier alpha value is -3.91. The van der Waals surface area contributed by atoms with Crippen molar-refractivity contribution >= 4 is 59.9 Å². The van der Waals surface area contributed by atoms with E-state index in [1.54, 1.807) is 6.01 Å². The fourth-order valence-electron chi connectivity index (χ4n) is 0.827. The molecule has 0 aliphatic carbocycles. The summed E-state index contributed by atoms with van der Waals surface area (Å²) < 4.78 is 24.3. The van der Waals surface area contributed by atoms with Crippen LogP contribution in [0.3, 0.4) is 0 Å². The second kappa shape index (κ2) is 9.91. The Labute approximate surface area is 126 Å². The van der Waals surface area contributed by atoms with E-state index in [1.807, 2.05) is 0 Å². The van der Waals surface area contributed by atoms with Gasteiger partial charge in [0.2, 0.25) is 36.5 Å². The summed E-state index contributed by atoms with van der Waals surface area (Å²) in [5.41, 5.74) is 0. The van der Waals surface area contributed by atoms with Crippen LogP contribution in [0.2, 0.25) is 0 Å². The first-order valence-corrected chi connectivity index (χ1v) is 8.38. The minimum atomic E-state index is -4.34. The molecule has 0 rings (SSSR count). The van der Waals surface area contributed by atoms with Gasteiger partial charge in [-0.3, -0.25) is 0 Å². The maximum absolute atomic E-state index is 10.3. The Kier molecular flexibility index (Phi) is 8.23. The summed E-state index contributed by atoms with van der Waals surface area (Å²) in [6.07, 6.45) is 5.83. The lowest BCUT2D eigenvalue weighted by molar-refractivity contribution is 0.562.